The minimum absolute atomic E-state index is 0.0135. The fourth-order valence-corrected chi connectivity index (χ4v) is 7.13. The van der Waals surface area contributed by atoms with E-state index < -0.39 is 37.5 Å². The lowest BCUT2D eigenvalue weighted by atomic mass is 10.00. The number of hydrogen-bond acceptors (Lipinski definition) is 9. The number of esters is 1. The number of carbonyl (C=O) groups excluding carboxylic acids is 2. The SMILES string of the molecule is COC(=O)C(Cc1ccc(OCCN(Cc2cccc(C)c2)S(=O)(=O)c2ccccc2[N+](=O)[O-])cc1)Nc1ccccc1C(=O)c1ccccc1. The lowest BCUT2D eigenvalue weighted by Gasteiger charge is -2.23. The van der Waals surface area contributed by atoms with E-state index in [1.54, 1.807) is 78.9 Å². The number of nitro benzene ring substituents is 1. The fraction of sp³-hybridized carbons (Fsp3) is 0.179. The summed E-state index contributed by atoms with van der Waals surface area (Å²) in [4.78, 5) is 36.7. The molecule has 0 spiro atoms. The smallest absolute Gasteiger partial charge is 0.328 e. The van der Waals surface area contributed by atoms with Crippen molar-refractivity contribution in [3.8, 4) is 5.75 Å². The monoisotopic (exact) mass is 707 g/mol. The minimum Gasteiger partial charge on any atom is -0.492 e. The molecule has 0 aliphatic rings. The van der Waals surface area contributed by atoms with Gasteiger partial charge in [-0.25, -0.2) is 13.2 Å². The van der Waals surface area contributed by atoms with Crippen LogP contribution in [0.1, 0.15) is 32.6 Å². The number of sulfonamides is 1. The Morgan fingerprint density at radius 3 is 2.24 bits per heavy atom. The molecule has 0 bridgehead atoms. The normalized spacial score (nSPS) is 11.8. The molecule has 262 valence electrons. The Balaban J connectivity index is 1.28. The van der Waals surface area contributed by atoms with Crippen molar-refractivity contribution in [2.24, 2.45) is 0 Å². The minimum atomic E-state index is -4.28. The maximum atomic E-state index is 13.8. The largest absolute Gasteiger partial charge is 0.492 e. The lowest BCUT2D eigenvalue weighted by Crippen LogP contribution is -2.34. The van der Waals surface area contributed by atoms with Gasteiger partial charge in [-0.15, -0.1) is 0 Å². The number of ether oxygens (including phenoxy) is 2. The first-order valence-electron chi connectivity index (χ1n) is 16.1. The number of nitro groups is 1. The number of methoxy groups -OCH3 is 1. The highest BCUT2D eigenvalue weighted by Gasteiger charge is 2.31. The number of benzene rings is 5. The highest BCUT2D eigenvalue weighted by molar-refractivity contribution is 7.89. The van der Waals surface area contributed by atoms with Crippen LogP contribution >= 0.6 is 0 Å². The Bertz CT molecular complexity index is 2110. The van der Waals surface area contributed by atoms with Crippen LogP contribution in [0.4, 0.5) is 11.4 Å². The molecule has 1 atom stereocenters. The van der Waals surface area contributed by atoms with Crippen molar-refractivity contribution in [1.29, 1.82) is 0 Å². The second-order valence-corrected chi connectivity index (χ2v) is 13.6. The maximum absolute atomic E-state index is 13.8. The second kappa shape index (κ2) is 16.7. The van der Waals surface area contributed by atoms with Gasteiger partial charge in [-0.1, -0.05) is 96.6 Å². The van der Waals surface area contributed by atoms with Crippen LogP contribution in [0.15, 0.2) is 132 Å². The molecule has 0 fully saturated rings. The summed E-state index contributed by atoms with van der Waals surface area (Å²) < 4.78 is 39.7. The van der Waals surface area contributed by atoms with Crippen LogP contribution in [0.25, 0.3) is 0 Å². The van der Waals surface area contributed by atoms with Gasteiger partial charge in [-0.05, 0) is 48.4 Å². The summed E-state index contributed by atoms with van der Waals surface area (Å²) in [6.45, 7) is 1.76. The average Bonchev–Trinajstić information content (AvgIpc) is 3.14. The standard InChI is InChI=1S/C39H37N3O8S/c1-28-11-10-12-30(25-28)27-41(51(47,48)37-18-9-8-17-36(37)42(45)46)23-24-50-32-21-19-29(20-22-32)26-35(39(44)49-2)40-34-16-7-6-15-33(34)38(43)31-13-4-3-5-14-31/h3-22,25,35,40H,23-24,26-27H2,1-2H3. The summed E-state index contributed by atoms with van der Waals surface area (Å²) in [5.74, 6) is -0.236. The third kappa shape index (κ3) is 9.24. The number of rotatable bonds is 16. The number of ketones is 1. The van der Waals surface area contributed by atoms with Crippen LogP contribution in [0.3, 0.4) is 0 Å². The van der Waals surface area contributed by atoms with Crippen LogP contribution in [0.2, 0.25) is 0 Å². The number of para-hydroxylation sites is 2. The van der Waals surface area contributed by atoms with Crippen molar-refractivity contribution in [2.75, 3.05) is 25.6 Å². The molecular weight excluding hydrogens is 671 g/mol. The van der Waals surface area contributed by atoms with Gasteiger partial charge >= 0.3 is 5.97 Å². The van der Waals surface area contributed by atoms with Crippen molar-refractivity contribution in [2.45, 2.75) is 30.8 Å². The van der Waals surface area contributed by atoms with Gasteiger partial charge in [-0.2, -0.15) is 4.31 Å². The van der Waals surface area contributed by atoms with Crippen molar-refractivity contribution in [3.05, 3.63) is 165 Å². The molecule has 0 amide bonds. The summed E-state index contributed by atoms with van der Waals surface area (Å²) in [6, 6.07) is 34.6. The Labute approximate surface area is 296 Å². The van der Waals surface area contributed by atoms with Crippen molar-refractivity contribution in [1.82, 2.24) is 4.31 Å². The predicted octanol–water partition coefficient (Wildman–Crippen LogP) is 6.60. The third-order valence-corrected chi connectivity index (χ3v) is 10.0. The van der Waals surface area contributed by atoms with E-state index >= 15 is 0 Å². The molecule has 0 radical (unpaired) electrons. The van der Waals surface area contributed by atoms with Crippen molar-refractivity contribution < 1.29 is 32.4 Å². The molecule has 0 saturated carbocycles. The summed E-state index contributed by atoms with van der Waals surface area (Å²) in [5, 5.41) is 14.9. The number of nitrogens with one attached hydrogen (secondary N) is 1. The Morgan fingerprint density at radius 1 is 0.843 bits per heavy atom. The second-order valence-electron chi connectivity index (χ2n) is 11.7. The zero-order valence-electron chi connectivity index (χ0n) is 28.1. The summed E-state index contributed by atoms with van der Waals surface area (Å²) >= 11 is 0. The molecule has 0 aliphatic heterocycles. The number of hydrogen-bond donors (Lipinski definition) is 1. The third-order valence-electron chi connectivity index (χ3n) is 8.12. The molecule has 5 aromatic carbocycles. The number of aryl methyl sites for hydroxylation is 1. The molecule has 1 N–H and O–H groups in total. The highest BCUT2D eigenvalue weighted by Crippen LogP contribution is 2.28. The van der Waals surface area contributed by atoms with E-state index in [4.69, 9.17) is 9.47 Å². The van der Waals surface area contributed by atoms with Crippen LogP contribution < -0.4 is 10.1 Å². The molecule has 5 aromatic rings. The molecule has 11 nitrogen and oxygen atoms in total. The van der Waals surface area contributed by atoms with Gasteiger partial charge in [0, 0.05) is 42.4 Å². The Kier molecular flexibility index (Phi) is 11.9. The molecule has 5 rings (SSSR count). The Morgan fingerprint density at radius 2 is 1.53 bits per heavy atom. The lowest BCUT2D eigenvalue weighted by molar-refractivity contribution is -0.387. The zero-order chi connectivity index (χ0) is 36.4. The topological polar surface area (TPSA) is 145 Å². The highest BCUT2D eigenvalue weighted by atomic mass is 32.2. The van der Waals surface area contributed by atoms with E-state index in [0.29, 0.717) is 22.6 Å². The first-order chi connectivity index (χ1) is 24.6. The van der Waals surface area contributed by atoms with Crippen LogP contribution in [-0.2, 0) is 32.5 Å². The van der Waals surface area contributed by atoms with E-state index in [9.17, 15) is 28.1 Å². The molecule has 0 heterocycles. The van der Waals surface area contributed by atoms with E-state index in [2.05, 4.69) is 5.32 Å². The van der Waals surface area contributed by atoms with Gasteiger partial charge < -0.3 is 14.8 Å². The molecule has 1 unspecified atom stereocenters. The van der Waals surface area contributed by atoms with Crippen LogP contribution in [0, 0.1) is 17.0 Å². The Hall–Kier alpha value is -5.85. The van der Waals surface area contributed by atoms with E-state index in [1.807, 2.05) is 31.2 Å². The van der Waals surface area contributed by atoms with Crippen LogP contribution in [-0.4, -0.2) is 55.7 Å². The maximum Gasteiger partial charge on any atom is 0.328 e. The number of carbonyl (C=O) groups is 2. The number of nitrogens with zero attached hydrogens (tertiary/aromatic N) is 2. The quantitative estimate of drug-likeness (QED) is 0.0519. The number of anilines is 1. The predicted molar refractivity (Wildman–Crippen MR) is 193 cm³/mol. The van der Waals surface area contributed by atoms with Gasteiger partial charge in [0.25, 0.3) is 5.69 Å². The molecule has 51 heavy (non-hydrogen) atoms. The van der Waals surface area contributed by atoms with Gasteiger partial charge in [0.15, 0.2) is 10.7 Å². The zero-order valence-corrected chi connectivity index (χ0v) is 28.9. The van der Waals surface area contributed by atoms with E-state index in [-0.39, 0.29) is 31.9 Å². The van der Waals surface area contributed by atoms with Gasteiger partial charge in [-0.3, -0.25) is 14.9 Å². The molecule has 12 heteroatoms. The first-order valence-corrected chi connectivity index (χ1v) is 17.5. The van der Waals surface area contributed by atoms with E-state index in [1.165, 1.54) is 35.7 Å². The van der Waals surface area contributed by atoms with E-state index in [0.717, 1.165) is 16.7 Å². The van der Waals surface area contributed by atoms with Crippen molar-refractivity contribution in [3.63, 3.8) is 0 Å². The molecular formula is C39H37N3O8S. The average molecular weight is 708 g/mol. The molecule has 0 aliphatic carbocycles. The molecule has 0 saturated heterocycles. The van der Waals surface area contributed by atoms with Crippen LogP contribution in [0.5, 0.6) is 5.75 Å². The van der Waals surface area contributed by atoms with Crippen molar-refractivity contribution >= 4 is 33.2 Å². The first kappa shape index (κ1) is 36.4. The fourth-order valence-electron chi connectivity index (χ4n) is 5.56. The molecule has 0 aromatic heterocycles. The summed E-state index contributed by atoms with van der Waals surface area (Å²) in [7, 11) is -2.98. The van der Waals surface area contributed by atoms with Gasteiger partial charge in [0.1, 0.15) is 18.4 Å². The van der Waals surface area contributed by atoms with Gasteiger partial charge in [0.05, 0.1) is 12.0 Å². The summed E-state index contributed by atoms with van der Waals surface area (Å²) in [6.07, 6.45) is 0.235. The summed E-state index contributed by atoms with van der Waals surface area (Å²) in [5.41, 5.74) is 3.37. The van der Waals surface area contributed by atoms with Gasteiger partial charge in [0.2, 0.25) is 10.0 Å².